The molecule has 0 atom stereocenters. The molecule has 0 spiro atoms. The van der Waals surface area contributed by atoms with Crippen LogP contribution in [0, 0.1) is 0 Å². The van der Waals surface area contributed by atoms with Crippen molar-refractivity contribution >= 4 is 11.8 Å². The zero-order valence-electron chi connectivity index (χ0n) is 7.09. The van der Waals surface area contributed by atoms with Gasteiger partial charge in [0.05, 0.1) is 12.9 Å². The maximum atomic E-state index is 5.17. The van der Waals surface area contributed by atoms with Gasteiger partial charge in [-0.2, -0.15) is 0 Å². The van der Waals surface area contributed by atoms with E-state index in [1.807, 2.05) is 11.8 Å². The Hall–Kier alpha value is -0.370. The smallest absolute Gasteiger partial charge is 0.106 e. The SMILES string of the molecule is CC/C=C1/C=C(OC)CSC1. The molecule has 0 fully saturated rings. The summed E-state index contributed by atoms with van der Waals surface area (Å²) in [7, 11) is 1.74. The Morgan fingerprint density at radius 2 is 2.45 bits per heavy atom. The number of rotatable bonds is 2. The summed E-state index contributed by atoms with van der Waals surface area (Å²) in [4.78, 5) is 0. The number of allylic oxidation sites excluding steroid dienone is 2. The number of hydrogen-bond donors (Lipinski definition) is 0. The highest BCUT2D eigenvalue weighted by atomic mass is 32.2. The summed E-state index contributed by atoms with van der Waals surface area (Å²) in [5.74, 6) is 3.26. The molecule has 0 N–H and O–H groups in total. The Morgan fingerprint density at radius 3 is 3.09 bits per heavy atom. The minimum Gasteiger partial charge on any atom is -0.500 e. The molecule has 2 heteroatoms. The van der Waals surface area contributed by atoms with Gasteiger partial charge in [0.15, 0.2) is 0 Å². The summed E-state index contributed by atoms with van der Waals surface area (Å²) in [6.07, 6.45) is 5.52. The highest BCUT2D eigenvalue weighted by Crippen LogP contribution is 2.21. The van der Waals surface area contributed by atoms with Crippen LogP contribution in [0.3, 0.4) is 0 Å². The fourth-order valence-corrected chi connectivity index (χ4v) is 2.00. The van der Waals surface area contributed by atoms with Gasteiger partial charge in [-0.3, -0.25) is 0 Å². The van der Waals surface area contributed by atoms with Gasteiger partial charge < -0.3 is 4.74 Å². The van der Waals surface area contributed by atoms with Crippen LogP contribution in [0.1, 0.15) is 13.3 Å². The summed E-state index contributed by atoms with van der Waals surface area (Å²) in [5.41, 5.74) is 1.40. The molecule has 0 amide bonds. The third-order valence-electron chi connectivity index (χ3n) is 1.59. The maximum absolute atomic E-state index is 5.17. The van der Waals surface area contributed by atoms with Crippen molar-refractivity contribution in [3.63, 3.8) is 0 Å². The van der Waals surface area contributed by atoms with Crippen LogP contribution in [0.2, 0.25) is 0 Å². The lowest BCUT2D eigenvalue weighted by atomic mass is 10.2. The molecule has 0 saturated carbocycles. The molecule has 1 aliphatic rings. The van der Waals surface area contributed by atoms with Crippen molar-refractivity contribution < 1.29 is 4.74 Å². The Balaban J connectivity index is 2.62. The first kappa shape index (κ1) is 8.72. The van der Waals surface area contributed by atoms with Crippen LogP contribution in [-0.4, -0.2) is 18.6 Å². The highest BCUT2D eigenvalue weighted by molar-refractivity contribution is 7.99. The molecule has 0 aromatic heterocycles. The van der Waals surface area contributed by atoms with Gasteiger partial charge in [0.25, 0.3) is 0 Å². The quantitative estimate of drug-likeness (QED) is 0.630. The van der Waals surface area contributed by atoms with Crippen LogP contribution in [0.15, 0.2) is 23.5 Å². The van der Waals surface area contributed by atoms with Crippen molar-refractivity contribution in [3.05, 3.63) is 23.5 Å². The van der Waals surface area contributed by atoms with Crippen LogP contribution in [-0.2, 0) is 4.74 Å². The lowest BCUT2D eigenvalue weighted by molar-refractivity contribution is 0.295. The number of hydrogen-bond acceptors (Lipinski definition) is 2. The van der Waals surface area contributed by atoms with E-state index in [4.69, 9.17) is 4.74 Å². The molecule has 0 bridgehead atoms. The van der Waals surface area contributed by atoms with Gasteiger partial charge in [-0.1, -0.05) is 13.0 Å². The second-order valence-corrected chi connectivity index (χ2v) is 3.48. The van der Waals surface area contributed by atoms with Gasteiger partial charge in [-0.25, -0.2) is 0 Å². The van der Waals surface area contributed by atoms with E-state index in [2.05, 4.69) is 19.1 Å². The van der Waals surface area contributed by atoms with E-state index in [-0.39, 0.29) is 0 Å². The molecule has 62 valence electrons. The summed E-state index contributed by atoms with van der Waals surface area (Å²) < 4.78 is 5.17. The summed E-state index contributed by atoms with van der Waals surface area (Å²) in [6, 6.07) is 0. The molecule has 0 aromatic carbocycles. The van der Waals surface area contributed by atoms with E-state index in [1.54, 1.807) is 7.11 Å². The van der Waals surface area contributed by atoms with Crippen LogP contribution in [0.25, 0.3) is 0 Å². The molecular formula is C9H14OS. The Labute approximate surface area is 72.5 Å². The molecule has 1 aliphatic heterocycles. The lowest BCUT2D eigenvalue weighted by Gasteiger charge is -2.13. The van der Waals surface area contributed by atoms with Crippen molar-refractivity contribution in [3.8, 4) is 0 Å². The average molecular weight is 170 g/mol. The van der Waals surface area contributed by atoms with Gasteiger partial charge >= 0.3 is 0 Å². The molecule has 0 aliphatic carbocycles. The van der Waals surface area contributed by atoms with Crippen molar-refractivity contribution in [1.82, 2.24) is 0 Å². The molecule has 1 nitrogen and oxygen atoms in total. The van der Waals surface area contributed by atoms with Crippen LogP contribution in [0.4, 0.5) is 0 Å². The molecule has 0 unspecified atom stereocenters. The predicted octanol–water partition coefficient (Wildman–Crippen LogP) is 2.60. The summed E-state index contributed by atoms with van der Waals surface area (Å²) in [5, 5.41) is 0. The third kappa shape index (κ3) is 2.62. The Bertz CT molecular complexity index is 182. The van der Waals surface area contributed by atoms with Gasteiger partial charge in [-0.15, -0.1) is 11.8 Å². The predicted molar refractivity (Wildman–Crippen MR) is 50.8 cm³/mol. The second-order valence-electron chi connectivity index (χ2n) is 2.49. The van der Waals surface area contributed by atoms with Crippen molar-refractivity contribution in [2.45, 2.75) is 13.3 Å². The fraction of sp³-hybridized carbons (Fsp3) is 0.556. The molecule has 1 heterocycles. The van der Waals surface area contributed by atoms with Gasteiger partial charge in [0.1, 0.15) is 5.76 Å². The second kappa shape index (κ2) is 4.50. The van der Waals surface area contributed by atoms with Crippen LogP contribution >= 0.6 is 11.8 Å². The monoisotopic (exact) mass is 170 g/mol. The number of methoxy groups -OCH3 is 1. The minimum atomic E-state index is 1.03. The molecule has 1 rings (SSSR count). The molecule has 0 aromatic rings. The third-order valence-corrected chi connectivity index (χ3v) is 2.61. The standard InChI is InChI=1S/C9H14OS/c1-3-4-8-5-9(10-2)7-11-6-8/h4-5H,3,6-7H2,1-2H3/b8-4-. The number of thioether (sulfide) groups is 1. The van der Waals surface area contributed by atoms with E-state index in [1.165, 1.54) is 5.57 Å². The maximum Gasteiger partial charge on any atom is 0.106 e. The lowest BCUT2D eigenvalue weighted by Crippen LogP contribution is -2.00. The summed E-state index contributed by atoms with van der Waals surface area (Å²) in [6.45, 7) is 2.16. The van der Waals surface area contributed by atoms with Crippen molar-refractivity contribution in [2.24, 2.45) is 0 Å². The zero-order chi connectivity index (χ0) is 8.10. The highest BCUT2D eigenvalue weighted by Gasteiger charge is 2.06. The first-order valence-corrected chi connectivity index (χ1v) is 5.03. The van der Waals surface area contributed by atoms with Crippen molar-refractivity contribution in [2.75, 3.05) is 18.6 Å². The zero-order valence-corrected chi connectivity index (χ0v) is 7.91. The van der Waals surface area contributed by atoms with E-state index in [0.29, 0.717) is 0 Å². The molecule has 11 heavy (non-hydrogen) atoms. The van der Waals surface area contributed by atoms with Gasteiger partial charge in [0, 0.05) is 5.75 Å². The first-order valence-electron chi connectivity index (χ1n) is 3.88. The largest absolute Gasteiger partial charge is 0.500 e. The Morgan fingerprint density at radius 1 is 1.64 bits per heavy atom. The Kier molecular flexibility index (Phi) is 3.57. The summed E-state index contributed by atoms with van der Waals surface area (Å²) >= 11 is 1.91. The van der Waals surface area contributed by atoms with Crippen molar-refractivity contribution in [1.29, 1.82) is 0 Å². The van der Waals surface area contributed by atoms with Gasteiger partial charge in [-0.05, 0) is 18.1 Å². The first-order chi connectivity index (χ1) is 5.36. The minimum absolute atomic E-state index is 1.03. The topological polar surface area (TPSA) is 9.23 Å². The van der Waals surface area contributed by atoms with Crippen LogP contribution < -0.4 is 0 Å². The van der Waals surface area contributed by atoms with Gasteiger partial charge in [0.2, 0.25) is 0 Å². The van der Waals surface area contributed by atoms with E-state index in [0.717, 1.165) is 23.7 Å². The van der Waals surface area contributed by atoms with E-state index >= 15 is 0 Å². The fourth-order valence-electron chi connectivity index (χ4n) is 1.06. The number of ether oxygens (including phenoxy) is 1. The molecule has 0 radical (unpaired) electrons. The molecular weight excluding hydrogens is 156 g/mol. The average Bonchev–Trinajstić information content (AvgIpc) is 2.06. The van der Waals surface area contributed by atoms with E-state index < -0.39 is 0 Å². The normalized spacial score (nSPS) is 21.6. The van der Waals surface area contributed by atoms with Crippen LogP contribution in [0.5, 0.6) is 0 Å². The van der Waals surface area contributed by atoms with E-state index in [9.17, 15) is 0 Å². The molecule has 0 saturated heterocycles.